The maximum absolute atomic E-state index is 12.7. The molecule has 0 aliphatic rings. The summed E-state index contributed by atoms with van der Waals surface area (Å²) in [6.45, 7) is 6.26. The molecule has 1 heterocycles. The molecule has 0 aromatic carbocycles. The van der Waals surface area contributed by atoms with Crippen LogP contribution in [0.2, 0.25) is 0 Å². The Hall–Kier alpha value is -1.43. The molecule has 0 unspecified atom stereocenters. The van der Waals surface area contributed by atoms with Gasteiger partial charge in [0.2, 0.25) is 0 Å². The van der Waals surface area contributed by atoms with Gasteiger partial charge in [0.15, 0.2) is 0 Å². The summed E-state index contributed by atoms with van der Waals surface area (Å²) in [6, 6.07) is 2.41. The number of phosphoric acid groups is 2. The molecule has 1 aromatic rings. The van der Waals surface area contributed by atoms with Gasteiger partial charge in [-0.3, -0.25) is 28.2 Å². The Morgan fingerprint density at radius 3 is 1.72 bits per heavy atom. The summed E-state index contributed by atoms with van der Waals surface area (Å²) in [4.78, 5) is 14.0. The molecule has 0 fully saturated rings. The van der Waals surface area contributed by atoms with E-state index in [1.165, 1.54) is 12.1 Å². The van der Waals surface area contributed by atoms with E-state index in [-0.39, 0.29) is 37.9 Å². The van der Waals surface area contributed by atoms with E-state index in [0.717, 1.165) is 6.20 Å². The largest absolute Gasteiger partial charge is 0.478 e. The molecule has 1 rings (SSSR count). The van der Waals surface area contributed by atoms with Crippen molar-refractivity contribution in [1.82, 2.24) is 4.98 Å². The Morgan fingerprint density at radius 1 is 0.966 bits per heavy atom. The SMILES string of the molecule is CCOP(=O)(OCC)OC(Nc1ccc([N+](=O)[O-])cn1)OP(=O)(OCC)OCC. The zero-order valence-electron chi connectivity index (χ0n) is 16.5. The third-order valence-corrected chi connectivity index (χ3v) is 6.02. The Bertz CT molecular complexity index is 681. The predicted molar refractivity (Wildman–Crippen MR) is 102 cm³/mol. The number of anilines is 1. The average Bonchev–Trinajstić information content (AvgIpc) is 2.62. The fourth-order valence-electron chi connectivity index (χ4n) is 1.84. The minimum Gasteiger partial charge on any atom is -0.321 e. The van der Waals surface area contributed by atoms with Gasteiger partial charge in [-0.1, -0.05) is 0 Å². The summed E-state index contributed by atoms with van der Waals surface area (Å²) in [5.41, 5.74) is -0.252. The number of pyridine rings is 1. The van der Waals surface area contributed by atoms with Crippen LogP contribution in [0.1, 0.15) is 27.7 Å². The molecule has 0 bridgehead atoms. The highest BCUT2D eigenvalue weighted by Crippen LogP contribution is 2.55. The number of hydrogen-bond donors (Lipinski definition) is 1. The summed E-state index contributed by atoms with van der Waals surface area (Å²) in [6.07, 6.45) is -0.730. The second-order valence-corrected chi connectivity index (χ2v) is 8.15. The van der Waals surface area contributed by atoms with Crippen LogP contribution in [0.5, 0.6) is 0 Å². The Labute approximate surface area is 168 Å². The van der Waals surface area contributed by atoms with Crippen molar-refractivity contribution in [3.05, 3.63) is 28.4 Å². The fourth-order valence-corrected chi connectivity index (χ4v) is 4.22. The fraction of sp³-hybridized carbons (Fsp3) is 0.643. The van der Waals surface area contributed by atoms with E-state index in [1.807, 2.05) is 0 Å². The van der Waals surface area contributed by atoms with Gasteiger partial charge in [0.1, 0.15) is 12.0 Å². The smallest absolute Gasteiger partial charge is 0.321 e. The molecule has 0 atom stereocenters. The molecular formula is C14H25N3O10P2. The monoisotopic (exact) mass is 457 g/mol. The minimum absolute atomic E-state index is 0.00560. The van der Waals surface area contributed by atoms with Crippen LogP contribution in [0.4, 0.5) is 11.5 Å². The lowest BCUT2D eigenvalue weighted by atomic mass is 10.4. The van der Waals surface area contributed by atoms with Crippen LogP contribution in [-0.2, 0) is 36.3 Å². The minimum atomic E-state index is -4.12. The number of nitro groups is 1. The second-order valence-electron chi connectivity index (χ2n) is 4.91. The van der Waals surface area contributed by atoms with Crippen LogP contribution < -0.4 is 5.32 Å². The first-order valence-corrected chi connectivity index (χ1v) is 11.6. The summed E-state index contributed by atoms with van der Waals surface area (Å²) >= 11 is 0. The van der Waals surface area contributed by atoms with Crippen LogP contribution in [0.15, 0.2) is 18.3 Å². The van der Waals surface area contributed by atoms with Gasteiger partial charge in [0.25, 0.3) is 12.1 Å². The van der Waals surface area contributed by atoms with Crippen molar-refractivity contribution in [2.45, 2.75) is 34.1 Å². The molecule has 0 saturated carbocycles. The van der Waals surface area contributed by atoms with Crippen molar-refractivity contribution in [3.8, 4) is 0 Å². The lowest BCUT2D eigenvalue weighted by Crippen LogP contribution is -2.27. The first-order valence-electron chi connectivity index (χ1n) is 8.72. The van der Waals surface area contributed by atoms with Crippen LogP contribution >= 0.6 is 15.6 Å². The van der Waals surface area contributed by atoms with E-state index >= 15 is 0 Å². The topological polar surface area (TPSA) is 158 Å². The normalized spacial score (nSPS) is 12.3. The van der Waals surface area contributed by atoms with Crippen molar-refractivity contribution in [2.75, 3.05) is 31.7 Å². The molecule has 0 aliphatic heterocycles. The summed E-state index contributed by atoms with van der Waals surface area (Å²) in [5, 5.41) is 13.3. The number of hydrogen-bond acceptors (Lipinski definition) is 12. The van der Waals surface area contributed by atoms with Crippen LogP contribution in [0.3, 0.4) is 0 Å². The molecule has 166 valence electrons. The van der Waals surface area contributed by atoms with Crippen molar-refractivity contribution >= 4 is 27.2 Å². The van der Waals surface area contributed by atoms with Crippen LogP contribution in [0.25, 0.3) is 0 Å². The molecule has 13 nitrogen and oxygen atoms in total. The van der Waals surface area contributed by atoms with E-state index < -0.39 is 27.0 Å². The third-order valence-electron chi connectivity index (χ3n) is 2.82. The Morgan fingerprint density at radius 2 is 1.41 bits per heavy atom. The lowest BCUT2D eigenvalue weighted by molar-refractivity contribution is -0.385. The number of nitrogens with zero attached hydrogens (tertiary/aromatic N) is 2. The molecule has 1 N–H and O–H groups in total. The molecule has 0 saturated heterocycles. The first kappa shape index (κ1) is 25.6. The van der Waals surface area contributed by atoms with Gasteiger partial charge < -0.3 is 5.32 Å². The standard InChI is InChI=1S/C14H25N3O10P2/c1-5-22-28(20,23-6-2)26-14(27-29(21,24-7-3)25-8-4)16-13-10-9-12(11-15-13)17(18)19/h9-11,14H,5-8H2,1-4H3,(H,15,16). The average molecular weight is 457 g/mol. The summed E-state index contributed by atoms with van der Waals surface area (Å²) in [7, 11) is -8.23. The molecule has 0 amide bonds. The highest BCUT2D eigenvalue weighted by molar-refractivity contribution is 7.49. The van der Waals surface area contributed by atoms with E-state index in [4.69, 9.17) is 27.1 Å². The maximum Gasteiger partial charge on any atom is 0.478 e. The van der Waals surface area contributed by atoms with Crippen molar-refractivity contribution in [2.24, 2.45) is 0 Å². The van der Waals surface area contributed by atoms with Crippen LogP contribution in [-0.4, -0.2) is 42.7 Å². The van der Waals surface area contributed by atoms with E-state index in [0.29, 0.717) is 0 Å². The first-order chi connectivity index (χ1) is 13.7. The van der Waals surface area contributed by atoms with Crippen molar-refractivity contribution < 1.29 is 41.2 Å². The van der Waals surface area contributed by atoms with Gasteiger partial charge in [0.05, 0.1) is 31.4 Å². The van der Waals surface area contributed by atoms with Gasteiger partial charge in [-0.15, -0.1) is 0 Å². The third kappa shape index (κ3) is 8.85. The Kier molecular flexibility index (Phi) is 10.9. The predicted octanol–water partition coefficient (Wildman–Crippen LogP) is 4.08. The lowest BCUT2D eigenvalue weighted by Gasteiger charge is -2.26. The van der Waals surface area contributed by atoms with E-state index in [9.17, 15) is 19.2 Å². The zero-order valence-corrected chi connectivity index (χ0v) is 18.3. The molecular weight excluding hydrogens is 432 g/mol. The molecule has 15 heteroatoms. The number of phosphoric ester groups is 2. The van der Waals surface area contributed by atoms with Crippen molar-refractivity contribution in [1.29, 1.82) is 0 Å². The van der Waals surface area contributed by atoms with Gasteiger partial charge in [0, 0.05) is 6.07 Å². The summed E-state index contributed by atoms with van der Waals surface area (Å²) in [5.74, 6) is 0.0275. The number of nitrogens with one attached hydrogen (secondary N) is 1. The summed E-state index contributed by atoms with van der Waals surface area (Å²) < 4.78 is 56.0. The molecule has 0 radical (unpaired) electrons. The molecule has 29 heavy (non-hydrogen) atoms. The van der Waals surface area contributed by atoms with Crippen molar-refractivity contribution in [3.63, 3.8) is 0 Å². The van der Waals surface area contributed by atoms with Gasteiger partial charge >= 0.3 is 15.6 Å². The highest BCUT2D eigenvalue weighted by atomic mass is 31.2. The van der Waals surface area contributed by atoms with Gasteiger partial charge in [-0.2, -0.15) is 0 Å². The molecule has 1 aromatic heterocycles. The van der Waals surface area contributed by atoms with E-state index in [1.54, 1.807) is 27.7 Å². The maximum atomic E-state index is 12.7. The van der Waals surface area contributed by atoms with Gasteiger partial charge in [-0.25, -0.2) is 23.2 Å². The second kappa shape index (κ2) is 12.3. The van der Waals surface area contributed by atoms with E-state index in [2.05, 4.69) is 10.3 Å². The number of aromatic nitrogens is 1. The van der Waals surface area contributed by atoms with Gasteiger partial charge in [-0.05, 0) is 33.8 Å². The molecule has 0 aliphatic carbocycles. The quantitative estimate of drug-likeness (QED) is 0.174. The number of rotatable bonds is 15. The van der Waals surface area contributed by atoms with Crippen LogP contribution in [0, 0.1) is 10.1 Å². The molecule has 0 spiro atoms. The zero-order chi connectivity index (χ0) is 21.9. The highest BCUT2D eigenvalue weighted by Gasteiger charge is 2.37. The Balaban J connectivity index is 3.13.